The van der Waals surface area contributed by atoms with Gasteiger partial charge in [-0.3, -0.25) is 9.89 Å². The van der Waals surface area contributed by atoms with Crippen LogP contribution < -0.4 is 15.4 Å². The van der Waals surface area contributed by atoms with Gasteiger partial charge < -0.3 is 20.1 Å². The molecule has 2 saturated heterocycles. The number of benzene rings is 1. The van der Waals surface area contributed by atoms with E-state index in [1.165, 1.54) is 24.8 Å². The van der Waals surface area contributed by atoms with Crippen molar-refractivity contribution >= 4 is 5.96 Å². The molecule has 0 saturated carbocycles. The summed E-state index contributed by atoms with van der Waals surface area (Å²) in [5, 5.41) is 6.84. The lowest BCUT2D eigenvalue weighted by atomic mass is 10.0. The van der Waals surface area contributed by atoms with E-state index in [1.807, 2.05) is 6.07 Å². The number of ether oxygens (including phenoxy) is 2. The minimum Gasteiger partial charge on any atom is -0.496 e. The number of methoxy groups -OCH3 is 1. The Morgan fingerprint density at radius 1 is 1.21 bits per heavy atom. The molecule has 2 atom stereocenters. The van der Waals surface area contributed by atoms with Gasteiger partial charge in [0.1, 0.15) is 5.75 Å². The molecule has 6 heteroatoms. The van der Waals surface area contributed by atoms with Crippen LogP contribution in [0, 0.1) is 0 Å². The average molecular weight is 389 g/mol. The van der Waals surface area contributed by atoms with Gasteiger partial charge in [-0.2, -0.15) is 0 Å². The lowest BCUT2D eigenvalue weighted by molar-refractivity contribution is 0.113. The van der Waals surface area contributed by atoms with Crippen molar-refractivity contribution in [2.24, 2.45) is 4.99 Å². The third-order valence-corrected chi connectivity index (χ3v) is 5.62. The predicted octanol–water partition coefficient (Wildman–Crippen LogP) is 2.96. The number of para-hydroxylation sites is 1. The number of hydrogen-bond acceptors (Lipinski definition) is 4. The standard InChI is InChI=1S/C22H36N4O2/c1-3-23-22(24-16-18-10-9-15-28-18)25-17-20(26-13-7-4-8-14-26)19-11-5-6-12-21(19)27-2/h5-6,11-12,18,20H,3-4,7-10,13-17H2,1-2H3,(H2,23,24,25). The maximum Gasteiger partial charge on any atom is 0.191 e. The smallest absolute Gasteiger partial charge is 0.191 e. The minimum absolute atomic E-state index is 0.231. The largest absolute Gasteiger partial charge is 0.496 e. The van der Waals surface area contributed by atoms with E-state index in [0.717, 1.165) is 57.3 Å². The highest BCUT2D eigenvalue weighted by Crippen LogP contribution is 2.31. The monoisotopic (exact) mass is 388 g/mol. The molecule has 2 N–H and O–H groups in total. The second-order valence-electron chi connectivity index (χ2n) is 7.59. The number of aliphatic imine (C=N–C) groups is 1. The molecular formula is C22H36N4O2. The number of piperidine rings is 1. The zero-order valence-corrected chi connectivity index (χ0v) is 17.5. The highest BCUT2D eigenvalue weighted by molar-refractivity contribution is 5.79. The maximum absolute atomic E-state index is 5.73. The van der Waals surface area contributed by atoms with Crippen LogP contribution in [0.15, 0.2) is 29.3 Å². The van der Waals surface area contributed by atoms with Gasteiger partial charge in [-0.15, -0.1) is 0 Å². The third kappa shape index (κ3) is 5.85. The molecule has 0 radical (unpaired) electrons. The van der Waals surface area contributed by atoms with Crippen molar-refractivity contribution < 1.29 is 9.47 Å². The van der Waals surface area contributed by atoms with Gasteiger partial charge in [0.25, 0.3) is 0 Å². The van der Waals surface area contributed by atoms with Crippen LogP contribution in [0.2, 0.25) is 0 Å². The molecule has 0 spiro atoms. The van der Waals surface area contributed by atoms with Crippen LogP contribution in [0.25, 0.3) is 0 Å². The first-order valence-corrected chi connectivity index (χ1v) is 10.8. The number of guanidine groups is 1. The molecule has 2 unspecified atom stereocenters. The SMILES string of the molecule is CCNC(=NCC(c1ccccc1OC)N1CCCCC1)NCC1CCCO1. The molecular weight excluding hydrogens is 352 g/mol. The molecule has 2 heterocycles. The molecule has 6 nitrogen and oxygen atoms in total. The molecule has 2 aliphatic heterocycles. The van der Waals surface area contributed by atoms with Gasteiger partial charge in [0.05, 0.1) is 25.8 Å². The van der Waals surface area contributed by atoms with Gasteiger partial charge >= 0.3 is 0 Å². The van der Waals surface area contributed by atoms with Gasteiger partial charge in [-0.1, -0.05) is 24.6 Å². The number of nitrogens with one attached hydrogen (secondary N) is 2. The maximum atomic E-state index is 5.73. The Bertz CT molecular complexity index is 610. The second kappa shape index (κ2) is 11.3. The topological polar surface area (TPSA) is 58.1 Å². The Kier molecular flexibility index (Phi) is 8.42. The van der Waals surface area contributed by atoms with Crippen LogP contribution >= 0.6 is 0 Å². The van der Waals surface area contributed by atoms with Gasteiger partial charge in [0.2, 0.25) is 0 Å². The summed E-state index contributed by atoms with van der Waals surface area (Å²) in [4.78, 5) is 7.51. The Balaban J connectivity index is 1.73. The fourth-order valence-corrected chi connectivity index (χ4v) is 4.12. The second-order valence-corrected chi connectivity index (χ2v) is 7.59. The third-order valence-electron chi connectivity index (χ3n) is 5.62. The van der Waals surface area contributed by atoms with Gasteiger partial charge in [-0.25, -0.2) is 0 Å². The molecule has 1 aromatic rings. The molecule has 3 rings (SSSR count). The average Bonchev–Trinajstić information content (AvgIpc) is 3.27. The van der Waals surface area contributed by atoms with E-state index in [4.69, 9.17) is 14.5 Å². The van der Waals surface area contributed by atoms with E-state index in [9.17, 15) is 0 Å². The van der Waals surface area contributed by atoms with Crippen LogP contribution in [0.5, 0.6) is 5.75 Å². The number of likely N-dealkylation sites (tertiary alicyclic amines) is 1. The van der Waals surface area contributed by atoms with Crippen LogP contribution in [0.4, 0.5) is 0 Å². The molecule has 0 bridgehead atoms. The van der Waals surface area contributed by atoms with Gasteiger partial charge in [0, 0.05) is 25.3 Å². The molecule has 1 aromatic carbocycles. The van der Waals surface area contributed by atoms with E-state index in [-0.39, 0.29) is 6.04 Å². The van der Waals surface area contributed by atoms with E-state index in [1.54, 1.807) is 7.11 Å². The summed E-state index contributed by atoms with van der Waals surface area (Å²) in [5.74, 6) is 1.82. The van der Waals surface area contributed by atoms with Crippen LogP contribution in [0.1, 0.15) is 50.6 Å². The van der Waals surface area contributed by atoms with Crippen LogP contribution in [-0.2, 0) is 4.74 Å². The Labute approximate surface area is 169 Å². The first kappa shape index (κ1) is 20.9. The van der Waals surface area contributed by atoms with E-state index in [0.29, 0.717) is 12.6 Å². The first-order chi connectivity index (χ1) is 13.8. The normalized spacial score (nSPS) is 22.1. The zero-order chi connectivity index (χ0) is 19.6. The highest BCUT2D eigenvalue weighted by atomic mass is 16.5. The summed E-state index contributed by atoms with van der Waals surface area (Å²) < 4.78 is 11.4. The highest BCUT2D eigenvalue weighted by Gasteiger charge is 2.25. The van der Waals surface area contributed by atoms with Gasteiger partial charge in [-0.05, 0) is 51.8 Å². The fraction of sp³-hybridized carbons (Fsp3) is 0.682. The number of nitrogens with zero attached hydrogens (tertiary/aromatic N) is 2. The summed E-state index contributed by atoms with van der Waals surface area (Å²) in [5.41, 5.74) is 1.23. The molecule has 156 valence electrons. The van der Waals surface area contributed by atoms with Crippen molar-refractivity contribution in [2.75, 3.05) is 46.4 Å². The van der Waals surface area contributed by atoms with E-state index in [2.05, 4.69) is 40.7 Å². The first-order valence-electron chi connectivity index (χ1n) is 10.8. The van der Waals surface area contributed by atoms with Crippen molar-refractivity contribution in [2.45, 2.75) is 51.2 Å². The van der Waals surface area contributed by atoms with Crippen LogP contribution in [-0.4, -0.2) is 63.4 Å². The minimum atomic E-state index is 0.231. The molecule has 2 aliphatic rings. The van der Waals surface area contributed by atoms with Crippen molar-refractivity contribution in [3.63, 3.8) is 0 Å². The summed E-state index contributed by atoms with van der Waals surface area (Å²) in [7, 11) is 1.75. The summed E-state index contributed by atoms with van der Waals surface area (Å²) in [6.07, 6.45) is 6.43. The van der Waals surface area contributed by atoms with Crippen molar-refractivity contribution in [1.29, 1.82) is 0 Å². The van der Waals surface area contributed by atoms with Crippen molar-refractivity contribution in [1.82, 2.24) is 15.5 Å². The van der Waals surface area contributed by atoms with E-state index < -0.39 is 0 Å². The van der Waals surface area contributed by atoms with Gasteiger partial charge in [0.15, 0.2) is 5.96 Å². The lowest BCUT2D eigenvalue weighted by Gasteiger charge is -2.34. The summed E-state index contributed by atoms with van der Waals surface area (Å²) >= 11 is 0. The molecule has 0 aliphatic carbocycles. The fourth-order valence-electron chi connectivity index (χ4n) is 4.12. The molecule has 0 amide bonds. The van der Waals surface area contributed by atoms with Crippen molar-refractivity contribution in [3.05, 3.63) is 29.8 Å². The molecule has 2 fully saturated rings. The Morgan fingerprint density at radius 2 is 2.04 bits per heavy atom. The molecule has 28 heavy (non-hydrogen) atoms. The summed E-state index contributed by atoms with van der Waals surface area (Å²) in [6, 6.07) is 8.59. The van der Waals surface area contributed by atoms with E-state index >= 15 is 0 Å². The lowest BCUT2D eigenvalue weighted by Crippen LogP contribution is -2.42. The van der Waals surface area contributed by atoms with Crippen molar-refractivity contribution in [3.8, 4) is 5.75 Å². The Morgan fingerprint density at radius 3 is 2.75 bits per heavy atom. The number of rotatable bonds is 8. The van der Waals surface area contributed by atoms with Crippen LogP contribution in [0.3, 0.4) is 0 Å². The predicted molar refractivity (Wildman–Crippen MR) is 114 cm³/mol. The summed E-state index contributed by atoms with van der Waals surface area (Å²) in [6.45, 7) is 7.60. The Hall–Kier alpha value is -1.79. The zero-order valence-electron chi connectivity index (χ0n) is 17.5. The quantitative estimate of drug-likeness (QED) is 0.530. The number of hydrogen-bond donors (Lipinski definition) is 2. The molecule has 0 aromatic heterocycles.